The van der Waals surface area contributed by atoms with Crippen LogP contribution in [0.1, 0.15) is 29.9 Å². The van der Waals surface area contributed by atoms with E-state index in [1.807, 2.05) is 18.5 Å². The average Bonchev–Trinajstić information content (AvgIpc) is 2.55. The monoisotopic (exact) mass is 297 g/mol. The Balaban J connectivity index is 1.96. The average molecular weight is 297 g/mol. The van der Waals surface area contributed by atoms with E-state index in [0.717, 1.165) is 30.3 Å². The van der Waals surface area contributed by atoms with E-state index in [9.17, 15) is 0 Å². The third-order valence-corrected chi connectivity index (χ3v) is 4.65. The standard InChI is InChI=1S/C18H23N3O/c1-2-13-11-20-12-15-4-3-5-16(18(13)15)14-6-7-21(8-9-22)17(19)10-14/h2-5,11-12,14,17,22H,1,6-10,19H2. The van der Waals surface area contributed by atoms with Gasteiger partial charge in [0.05, 0.1) is 12.8 Å². The van der Waals surface area contributed by atoms with Gasteiger partial charge in [0.15, 0.2) is 0 Å². The van der Waals surface area contributed by atoms with E-state index in [1.165, 1.54) is 10.9 Å². The molecule has 0 spiro atoms. The molecule has 116 valence electrons. The Bertz CT molecular complexity index is 665. The molecule has 2 aromatic rings. The zero-order valence-corrected chi connectivity index (χ0v) is 12.8. The molecular weight excluding hydrogens is 274 g/mol. The minimum absolute atomic E-state index is 0.00942. The largest absolute Gasteiger partial charge is 0.395 e. The molecule has 1 aliphatic rings. The third kappa shape index (κ3) is 2.77. The van der Waals surface area contributed by atoms with E-state index in [-0.39, 0.29) is 12.8 Å². The van der Waals surface area contributed by atoms with Crippen LogP contribution in [0.15, 0.2) is 37.2 Å². The number of fused-ring (bicyclic) bond motifs is 1. The van der Waals surface area contributed by atoms with E-state index in [0.29, 0.717) is 12.5 Å². The van der Waals surface area contributed by atoms with Crippen molar-refractivity contribution >= 4 is 16.8 Å². The zero-order chi connectivity index (χ0) is 15.5. The first kappa shape index (κ1) is 15.2. The van der Waals surface area contributed by atoms with Crippen LogP contribution in [0.3, 0.4) is 0 Å². The van der Waals surface area contributed by atoms with Crippen LogP contribution in [0.25, 0.3) is 16.8 Å². The van der Waals surface area contributed by atoms with Gasteiger partial charge in [-0.05, 0) is 29.7 Å². The number of aliphatic hydroxyl groups excluding tert-OH is 1. The second-order valence-electron chi connectivity index (χ2n) is 5.93. The van der Waals surface area contributed by atoms with Crippen LogP contribution in [0.4, 0.5) is 0 Å². The Hall–Kier alpha value is -1.75. The number of nitrogens with zero attached hydrogens (tertiary/aromatic N) is 2. The molecule has 22 heavy (non-hydrogen) atoms. The topological polar surface area (TPSA) is 62.4 Å². The molecule has 3 N–H and O–H groups in total. The second-order valence-corrected chi connectivity index (χ2v) is 5.93. The number of nitrogens with two attached hydrogens (primary N) is 1. The molecule has 2 unspecified atom stereocenters. The molecule has 0 bridgehead atoms. The Morgan fingerprint density at radius 1 is 1.41 bits per heavy atom. The van der Waals surface area contributed by atoms with Gasteiger partial charge >= 0.3 is 0 Å². The molecule has 1 fully saturated rings. The molecule has 3 rings (SSSR count). The summed E-state index contributed by atoms with van der Waals surface area (Å²) in [6, 6.07) is 6.39. The summed E-state index contributed by atoms with van der Waals surface area (Å²) in [4.78, 5) is 6.45. The van der Waals surface area contributed by atoms with Crippen LogP contribution in [-0.2, 0) is 0 Å². The van der Waals surface area contributed by atoms with E-state index in [4.69, 9.17) is 10.8 Å². The van der Waals surface area contributed by atoms with Gasteiger partial charge < -0.3 is 10.8 Å². The molecule has 0 radical (unpaired) electrons. The Kier molecular flexibility index (Phi) is 4.52. The quantitative estimate of drug-likeness (QED) is 0.909. The van der Waals surface area contributed by atoms with Crippen LogP contribution in [-0.4, -0.2) is 40.9 Å². The van der Waals surface area contributed by atoms with Crippen LogP contribution >= 0.6 is 0 Å². The molecule has 1 aromatic carbocycles. The van der Waals surface area contributed by atoms with E-state index < -0.39 is 0 Å². The van der Waals surface area contributed by atoms with Crippen molar-refractivity contribution in [3.63, 3.8) is 0 Å². The lowest BCUT2D eigenvalue weighted by Gasteiger charge is -2.37. The van der Waals surface area contributed by atoms with Crippen molar-refractivity contribution in [1.29, 1.82) is 0 Å². The number of aromatic nitrogens is 1. The molecule has 4 heteroatoms. The Morgan fingerprint density at radius 2 is 2.27 bits per heavy atom. The van der Waals surface area contributed by atoms with Crippen LogP contribution in [0.5, 0.6) is 0 Å². The van der Waals surface area contributed by atoms with Crippen LogP contribution in [0, 0.1) is 0 Å². The summed E-state index contributed by atoms with van der Waals surface area (Å²) in [6.45, 7) is 5.67. The SMILES string of the molecule is C=Cc1cncc2cccc(C3CCN(CCO)C(N)C3)c12. The number of piperidine rings is 1. The molecule has 0 amide bonds. The molecule has 1 saturated heterocycles. The van der Waals surface area contributed by atoms with Gasteiger partial charge in [0.2, 0.25) is 0 Å². The van der Waals surface area contributed by atoms with Gasteiger partial charge in [-0.2, -0.15) is 0 Å². The van der Waals surface area contributed by atoms with E-state index in [1.54, 1.807) is 0 Å². The fraction of sp³-hybridized carbons (Fsp3) is 0.389. The first-order chi connectivity index (χ1) is 10.7. The molecule has 2 heterocycles. The van der Waals surface area contributed by atoms with Crippen molar-refractivity contribution in [2.75, 3.05) is 19.7 Å². The lowest BCUT2D eigenvalue weighted by Crippen LogP contribution is -2.48. The Labute approximate surface area is 131 Å². The minimum Gasteiger partial charge on any atom is -0.395 e. The highest BCUT2D eigenvalue weighted by Gasteiger charge is 2.27. The first-order valence-corrected chi connectivity index (χ1v) is 7.84. The minimum atomic E-state index is 0.00942. The Morgan fingerprint density at radius 3 is 3.00 bits per heavy atom. The molecule has 2 atom stereocenters. The van der Waals surface area contributed by atoms with Gasteiger partial charge in [-0.15, -0.1) is 0 Å². The van der Waals surface area contributed by atoms with Crippen molar-refractivity contribution in [1.82, 2.24) is 9.88 Å². The van der Waals surface area contributed by atoms with Crippen molar-refractivity contribution in [3.05, 3.63) is 48.3 Å². The van der Waals surface area contributed by atoms with Gasteiger partial charge in [0.1, 0.15) is 0 Å². The van der Waals surface area contributed by atoms with Gasteiger partial charge in [0.25, 0.3) is 0 Å². The van der Waals surface area contributed by atoms with E-state index in [2.05, 4.69) is 34.7 Å². The highest BCUT2D eigenvalue weighted by atomic mass is 16.3. The number of pyridine rings is 1. The molecule has 1 aliphatic heterocycles. The zero-order valence-electron chi connectivity index (χ0n) is 12.8. The number of β-amino-alcohol motifs (C(OH)–C–C–N with tert-alkyl or cyclic N) is 1. The summed E-state index contributed by atoms with van der Waals surface area (Å²) in [5.74, 6) is 0.440. The number of likely N-dealkylation sites (tertiary alicyclic amines) is 1. The number of rotatable bonds is 4. The van der Waals surface area contributed by atoms with Gasteiger partial charge in [0, 0.05) is 36.4 Å². The smallest absolute Gasteiger partial charge is 0.0578 e. The fourth-order valence-electron chi connectivity index (χ4n) is 3.52. The molecule has 0 saturated carbocycles. The van der Waals surface area contributed by atoms with Crippen molar-refractivity contribution < 1.29 is 5.11 Å². The van der Waals surface area contributed by atoms with Crippen molar-refractivity contribution in [2.45, 2.75) is 24.9 Å². The van der Waals surface area contributed by atoms with Gasteiger partial charge in [-0.1, -0.05) is 30.9 Å². The summed E-state index contributed by atoms with van der Waals surface area (Å²) in [5.41, 5.74) is 8.71. The number of hydrogen-bond acceptors (Lipinski definition) is 4. The molecule has 4 nitrogen and oxygen atoms in total. The summed E-state index contributed by atoms with van der Waals surface area (Å²) in [6.07, 6.45) is 7.64. The number of hydrogen-bond donors (Lipinski definition) is 2. The predicted octanol–water partition coefficient (Wildman–Crippen LogP) is 2.33. The highest BCUT2D eigenvalue weighted by molar-refractivity contribution is 5.92. The van der Waals surface area contributed by atoms with Gasteiger partial charge in [-0.3, -0.25) is 9.88 Å². The second kappa shape index (κ2) is 6.57. The van der Waals surface area contributed by atoms with Crippen molar-refractivity contribution in [2.24, 2.45) is 5.73 Å². The van der Waals surface area contributed by atoms with Gasteiger partial charge in [-0.25, -0.2) is 0 Å². The lowest BCUT2D eigenvalue weighted by molar-refractivity contribution is 0.110. The summed E-state index contributed by atoms with van der Waals surface area (Å²) < 4.78 is 0. The maximum Gasteiger partial charge on any atom is 0.0578 e. The summed E-state index contributed by atoms with van der Waals surface area (Å²) >= 11 is 0. The van der Waals surface area contributed by atoms with Crippen LogP contribution < -0.4 is 5.73 Å². The summed E-state index contributed by atoms with van der Waals surface area (Å²) in [5, 5.41) is 11.5. The number of aliphatic hydroxyl groups is 1. The highest BCUT2D eigenvalue weighted by Crippen LogP contribution is 2.35. The molecule has 0 aliphatic carbocycles. The van der Waals surface area contributed by atoms with Crippen LogP contribution in [0.2, 0.25) is 0 Å². The molecular formula is C18H23N3O. The van der Waals surface area contributed by atoms with Crippen molar-refractivity contribution in [3.8, 4) is 0 Å². The maximum atomic E-state index is 9.11. The first-order valence-electron chi connectivity index (χ1n) is 7.84. The van der Waals surface area contributed by atoms with E-state index >= 15 is 0 Å². The number of benzene rings is 1. The predicted molar refractivity (Wildman–Crippen MR) is 90.4 cm³/mol. The fourth-order valence-corrected chi connectivity index (χ4v) is 3.52. The molecule has 1 aromatic heterocycles. The maximum absolute atomic E-state index is 9.11. The lowest BCUT2D eigenvalue weighted by atomic mass is 9.84. The normalized spacial score (nSPS) is 22.8. The summed E-state index contributed by atoms with van der Waals surface area (Å²) in [7, 11) is 0. The third-order valence-electron chi connectivity index (χ3n) is 4.65.